The van der Waals surface area contributed by atoms with Gasteiger partial charge in [-0.05, 0) is 0 Å². The van der Waals surface area contributed by atoms with Crippen LogP contribution in [0, 0.1) is 0 Å². The van der Waals surface area contributed by atoms with Gasteiger partial charge in [-0.1, -0.05) is 5.16 Å². The Bertz CT molecular complexity index is 434. The second-order valence-electron chi connectivity index (χ2n) is 2.95. The molecule has 14 heavy (non-hydrogen) atoms. The molecule has 0 aromatic carbocycles. The number of aromatic nitrogens is 2. The van der Waals surface area contributed by atoms with E-state index in [0.29, 0.717) is 0 Å². The Morgan fingerprint density at radius 3 is 2.57 bits per heavy atom. The molecule has 0 saturated heterocycles. The molecule has 6 nitrogen and oxygen atoms in total. The minimum absolute atomic E-state index is 0.0517. The predicted octanol–water partition coefficient (Wildman–Crippen LogP) is -0.141. The Morgan fingerprint density at radius 2 is 2.14 bits per heavy atom. The van der Waals surface area contributed by atoms with Gasteiger partial charge in [0.15, 0.2) is 5.82 Å². The van der Waals surface area contributed by atoms with Crippen molar-refractivity contribution < 1.29 is 17.7 Å². The van der Waals surface area contributed by atoms with Gasteiger partial charge < -0.3 is 4.52 Å². The van der Waals surface area contributed by atoms with Gasteiger partial charge in [0.1, 0.15) is 9.84 Å². The maximum Gasteiger partial charge on any atom is 0.293 e. The zero-order valence-electron chi connectivity index (χ0n) is 7.85. The number of hydrogen-bond donors (Lipinski definition) is 0. The quantitative estimate of drug-likeness (QED) is 0.653. The number of sulfone groups is 1. The fourth-order valence-electron chi connectivity index (χ4n) is 0.775. The molecule has 0 radical (unpaired) electrons. The van der Waals surface area contributed by atoms with Crippen molar-refractivity contribution in [1.82, 2.24) is 10.1 Å². The number of rotatable bonds is 4. The fourth-order valence-corrected chi connectivity index (χ4v) is 1.33. The summed E-state index contributed by atoms with van der Waals surface area (Å²) in [7, 11) is -3.04. The monoisotopic (exact) mass is 218 g/mol. The van der Waals surface area contributed by atoms with Crippen LogP contribution < -0.4 is 0 Å². The lowest BCUT2D eigenvalue weighted by molar-refractivity contribution is 0.0972. The van der Waals surface area contributed by atoms with Gasteiger partial charge in [0.05, 0.1) is 5.75 Å². The number of carbonyl (C=O) groups is 1. The fraction of sp³-hybridized carbons (Fsp3) is 0.571. The number of carbonyl (C=O) groups excluding carboxylic acids is 1. The van der Waals surface area contributed by atoms with Gasteiger partial charge in [-0.15, -0.1) is 0 Å². The third kappa shape index (κ3) is 3.25. The summed E-state index contributed by atoms with van der Waals surface area (Å²) in [4.78, 5) is 14.5. The van der Waals surface area contributed by atoms with Gasteiger partial charge in [0, 0.05) is 19.6 Å². The molecule has 0 unspecified atom stereocenters. The Balaban J connectivity index is 2.65. The van der Waals surface area contributed by atoms with Crippen molar-refractivity contribution in [3.05, 3.63) is 11.7 Å². The Morgan fingerprint density at radius 1 is 1.50 bits per heavy atom. The minimum atomic E-state index is -3.04. The molecule has 78 valence electrons. The van der Waals surface area contributed by atoms with E-state index >= 15 is 0 Å². The summed E-state index contributed by atoms with van der Waals surface area (Å²) in [6.07, 6.45) is 1.29. The molecular weight excluding hydrogens is 208 g/mol. The van der Waals surface area contributed by atoms with E-state index in [-0.39, 0.29) is 29.7 Å². The number of nitrogens with zero attached hydrogens (tertiary/aromatic N) is 2. The van der Waals surface area contributed by atoms with Crippen molar-refractivity contribution in [2.24, 2.45) is 0 Å². The summed E-state index contributed by atoms with van der Waals surface area (Å²) in [6, 6.07) is 0. The van der Waals surface area contributed by atoms with Crippen LogP contribution in [-0.4, -0.2) is 36.4 Å². The van der Waals surface area contributed by atoms with Crippen LogP contribution in [0.25, 0.3) is 0 Å². The maximum atomic E-state index is 10.8. The molecule has 0 fully saturated rings. The van der Waals surface area contributed by atoms with Crippen LogP contribution in [-0.2, 0) is 16.3 Å². The third-order valence-electron chi connectivity index (χ3n) is 1.47. The number of Topliss-reactive ketones (excluding diaryl/α,β-unsaturated/α-hetero) is 1. The molecule has 0 aliphatic carbocycles. The average molecular weight is 218 g/mol. The molecule has 1 heterocycles. The Hall–Kier alpha value is -1.24. The van der Waals surface area contributed by atoms with Crippen molar-refractivity contribution in [2.45, 2.75) is 13.3 Å². The van der Waals surface area contributed by atoms with E-state index in [1.807, 2.05) is 0 Å². The van der Waals surface area contributed by atoms with E-state index in [1.165, 1.54) is 6.92 Å². The molecule has 1 rings (SSSR count). The summed E-state index contributed by atoms with van der Waals surface area (Å²) in [5.41, 5.74) is 0. The zero-order chi connectivity index (χ0) is 10.8. The molecule has 0 aliphatic rings. The van der Waals surface area contributed by atoms with Crippen LogP contribution in [0.5, 0.6) is 0 Å². The Labute approximate surface area is 81.2 Å². The smallest absolute Gasteiger partial charge is 0.293 e. The van der Waals surface area contributed by atoms with Crippen LogP contribution in [0.2, 0.25) is 0 Å². The van der Waals surface area contributed by atoms with E-state index in [2.05, 4.69) is 14.7 Å². The van der Waals surface area contributed by atoms with Crippen molar-refractivity contribution in [2.75, 3.05) is 12.0 Å². The van der Waals surface area contributed by atoms with E-state index in [4.69, 9.17) is 0 Å². The summed E-state index contributed by atoms with van der Waals surface area (Å²) in [6.45, 7) is 1.30. The highest BCUT2D eigenvalue weighted by Crippen LogP contribution is 2.00. The van der Waals surface area contributed by atoms with Crippen molar-refractivity contribution in [3.63, 3.8) is 0 Å². The van der Waals surface area contributed by atoms with Crippen LogP contribution in [0.4, 0.5) is 0 Å². The molecule has 1 aromatic rings. The van der Waals surface area contributed by atoms with E-state index in [0.717, 1.165) is 6.26 Å². The number of ketones is 1. The second kappa shape index (κ2) is 3.87. The molecule has 0 atom stereocenters. The van der Waals surface area contributed by atoms with Crippen molar-refractivity contribution >= 4 is 15.6 Å². The van der Waals surface area contributed by atoms with Gasteiger partial charge in [0.2, 0.25) is 5.78 Å². The van der Waals surface area contributed by atoms with Crippen molar-refractivity contribution in [3.8, 4) is 0 Å². The lowest BCUT2D eigenvalue weighted by atomic mass is 10.4. The van der Waals surface area contributed by atoms with Crippen LogP contribution >= 0.6 is 0 Å². The van der Waals surface area contributed by atoms with Crippen LogP contribution in [0.1, 0.15) is 23.4 Å². The molecule has 0 saturated carbocycles. The molecule has 0 N–H and O–H groups in total. The largest absolute Gasteiger partial charge is 0.331 e. The molecule has 1 aromatic heterocycles. The highest BCUT2D eigenvalue weighted by Gasteiger charge is 2.12. The zero-order valence-corrected chi connectivity index (χ0v) is 8.67. The Kier molecular flexibility index (Phi) is 3.00. The van der Waals surface area contributed by atoms with Gasteiger partial charge in [-0.3, -0.25) is 4.79 Å². The molecule has 0 aliphatic heterocycles. The lowest BCUT2D eigenvalue weighted by Gasteiger charge is -1.91. The molecule has 0 amide bonds. The lowest BCUT2D eigenvalue weighted by Crippen LogP contribution is -2.07. The highest BCUT2D eigenvalue weighted by atomic mass is 32.2. The van der Waals surface area contributed by atoms with Gasteiger partial charge in [0.25, 0.3) is 5.89 Å². The predicted molar refractivity (Wildman–Crippen MR) is 47.7 cm³/mol. The molecule has 0 spiro atoms. The highest BCUT2D eigenvalue weighted by molar-refractivity contribution is 7.90. The first-order valence-electron chi connectivity index (χ1n) is 3.90. The summed E-state index contributed by atoms with van der Waals surface area (Å²) < 4.78 is 26.2. The average Bonchev–Trinajstić information content (AvgIpc) is 2.47. The van der Waals surface area contributed by atoms with E-state index < -0.39 is 9.84 Å². The first kappa shape index (κ1) is 10.8. The molecular formula is C7H10N2O4S. The minimum Gasteiger partial charge on any atom is -0.331 e. The van der Waals surface area contributed by atoms with Crippen LogP contribution in [0.3, 0.4) is 0 Å². The standard InChI is InChI=1S/C7H10N2O4S/c1-5(10)7-8-6(9-13-7)3-4-14(2,11)12/h3-4H2,1-2H3. The molecule has 7 heteroatoms. The number of aryl methyl sites for hydroxylation is 1. The summed E-state index contributed by atoms with van der Waals surface area (Å²) in [5.74, 6) is -0.235. The topological polar surface area (TPSA) is 90.1 Å². The normalized spacial score (nSPS) is 11.6. The SMILES string of the molecule is CC(=O)c1nc(CCS(C)(=O)=O)no1. The second-order valence-corrected chi connectivity index (χ2v) is 5.21. The van der Waals surface area contributed by atoms with Gasteiger partial charge in [-0.2, -0.15) is 4.98 Å². The third-order valence-corrected chi connectivity index (χ3v) is 2.41. The molecule has 0 bridgehead atoms. The first-order chi connectivity index (χ1) is 6.38. The van der Waals surface area contributed by atoms with Gasteiger partial charge in [-0.25, -0.2) is 8.42 Å². The summed E-state index contributed by atoms with van der Waals surface area (Å²) >= 11 is 0. The van der Waals surface area contributed by atoms with Crippen LogP contribution in [0.15, 0.2) is 4.52 Å². The summed E-state index contributed by atoms with van der Waals surface area (Å²) in [5, 5.41) is 3.47. The first-order valence-corrected chi connectivity index (χ1v) is 5.96. The number of hydrogen-bond acceptors (Lipinski definition) is 6. The maximum absolute atomic E-state index is 10.8. The van der Waals surface area contributed by atoms with Gasteiger partial charge >= 0.3 is 0 Å². The van der Waals surface area contributed by atoms with E-state index in [9.17, 15) is 13.2 Å². The van der Waals surface area contributed by atoms with Crippen molar-refractivity contribution in [1.29, 1.82) is 0 Å². The van der Waals surface area contributed by atoms with E-state index in [1.54, 1.807) is 0 Å².